The maximum absolute atomic E-state index is 10.6. The van der Waals surface area contributed by atoms with Gasteiger partial charge in [0.05, 0.1) is 5.75 Å². The Morgan fingerprint density at radius 1 is 1.55 bits per heavy atom. The minimum atomic E-state index is -3.45. The number of hydrogen-bond donors (Lipinski definition) is 0. The lowest BCUT2D eigenvalue weighted by Gasteiger charge is -2.35. The molecule has 0 aliphatic heterocycles. The molecular weight excluding hydrogens is 188 g/mol. The van der Waals surface area contributed by atoms with Gasteiger partial charge in [0.1, 0.15) is 5.78 Å². The normalized spacial score (nSPS) is 22.9. The number of ketones is 1. The first-order chi connectivity index (χ1) is 4.81. The molecule has 5 heteroatoms. The first-order valence-corrected chi connectivity index (χ1v) is 5.73. The van der Waals surface area contributed by atoms with E-state index < -0.39 is 14.5 Å². The summed E-state index contributed by atoms with van der Waals surface area (Å²) in [6.45, 7) is 1.76. The third-order valence-electron chi connectivity index (χ3n) is 1.77. The van der Waals surface area contributed by atoms with E-state index in [2.05, 4.69) is 0 Å². The summed E-state index contributed by atoms with van der Waals surface area (Å²) in [5.74, 6) is 0.0284. The molecule has 64 valence electrons. The van der Waals surface area contributed by atoms with Gasteiger partial charge < -0.3 is 0 Å². The molecule has 0 unspecified atom stereocenters. The molecular formula is C6H9ClO3S. The van der Waals surface area contributed by atoms with Crippen molar-refractivity contribution in [1.29, 1.82) is 0 Å². The summed E-state index contributed by atoms with van der Waals surface area (Å²) in [6, 6.07) is 0. The summed E-state index contributed by atoms with van der Waals surface area (Å²) in [6.07, 6.45) is 0.692. The molecule has 0 atom stereocenters. The number of Topliss-reactive ketones (excluding diaryl/α,β-unsaturated/α-hetero) is 1. The minimum Gasteiger partial charge on any atom is -0.300 e. The maximum atomic E-state index is 10.6. The van der Waals surface area contributed by atoms with Crippen LogP contribution in [0.25, 0.3) is 0 Å². The van der Waals surface area contributed by atoms with Crippen LogP contribution in [0.5, 0.6) is 0 Å². The lowest BCUT2D eigenvalue weighted by molar-refractivity contribution is -0.130. The predicted octanol–water partition coefficient (Wildman–Crippen LogP) is 0.924. The highest BCUT2D eigenvalue weighted by atomic mass is 35.7. The van der Waals surface area contributed by atoms with Gasteiger partial charge in [-0.05, 0) is 5.41 Å². The van der Waals surface area contributed by atoms with Crippen molar-refractivity contribution in [3.63, 3.8) is 0 Å². The molecule has 11 heavy (non-hydrogen) atoms. The quantitative estimate of drug-likeness (QED) is 0.618. The molecule has 0 aromatic rings. The molecule has 3 nitrogen and oxygen atoms in total. The number of rotatable bonds is 2. The molecule has 1 aliphatic rings. The Bertz CT molecular complexity index is 272. The molecule has 1 rings (SSSR count). The van der Waals surface area contributed by atoms with Crippen LogP contribution in [0.3, 0.4) is 0 Å². The van der Waals surface area contributed by atoms with Crippen molar-refractivity contribution in [1.82, 2.24) is 0 Å². The topological polar surface area (TPSA) is 51.2 Å². The van der Waals surface area contributed by atoms with E-state index in [-0.39, 0.29) is 11.5 Å². The highest BCUT2D eigenvalue weighted by Crippen LogP contribution is 2.39. The molecule has 0 aromatic carbocycles. The molecule has 0 saturated heterocycles. The van der Waals surface area contributed by atoms with Gasteiger partial charge >= 0.3 is 0 Å². The number of carbonyl (C=O) groups is 1. The minimum absolute atomic E-state index is 0.0900. The van der Waals surface area contributed by atoms with Crippen LogP contribution in [-0.4, -0.2) is 20.0 Å². The maximum Gasteiger partial charge on any atom is 0.233 e. The summed E-state index contributed by atoms with van der Waals surface area (Å²) < 4.78 is 21.2. The van der Waals surface area contributed by atoms with Crippen molar-refractivity contribution in [3.05, 3.63) is 0 Å². The summed E-state index contributed by atoms with van der Waals surface area (Å²) in [7, 11) is 1.59. The van der Waals surface area contributed by atoms with Crippen LogP contribution in [0, 0.1) is 5.41 Å². The van der Waals surface area contributed by atoms with Crippen molar-refractivity contribution >= 4 is 25.5 Å². The lowest BCUT2D eigenvalue weighted by atomic mass is 9.71. The van der Waals surface area contributed by atoms with Crippen LogP contribution < -0.4 is 0 Å². The summed E-state index contributed by atoms with van der Waals surface area (Å²) >= 11 is 0. The molecule has 0 amide bonds. The van der Waals surface area contributed by atoms with Crippen molar-refractivity contribution in [2.45, 2.75) is 19.8 Å². The van der Waals surface area contributed by atoms with Crippen molar-refractivity contribution in [3.8, 4) is 0 Å². The molecule has 1 saturated carbocycles. The molecule has 0 spiro atoms. The van der Waals surface area contributed by atoms with E-state index >= 15 is 0 Å². The van der Waals surface area contributed by atoms with Crippen LogP contribution in [-0.2, 0) is 13.8 Å². The fourth-order valence-electron chi connectivity index (χ4n) is 1.42. The number of hydrogen-bond acceptors (Lipinski definition) is 3. The SMILES string of the molecule is CC1(CS(=O)(=O)Cl)CC(=O)C1. The summed E-state index contributed by atoms with van der Waals surface area (Å²) in [5, 5.41) is 0. The molecule has 1 aliphatic carbocycles. The summed E-state index contributed by atoms with van der Waals surface area (Å²) in [4.78, 5) is 10.6. The van der Waals surface area contributed by atoms with Gasteiger partial charge in [-0.25, -0.2) is 8.42 Å². The summed E-state index contributed by atoms with van der Waals surface area (Å²) in [5.41, 5.74) is -0.391. The van der Waals surface area contributed by atoms with Crippen LogP contribution in [0.4, 0.5) is 0 Å². The van der Waals surface area contributed by atoms with Crippen LogP contribution in [0.15, 0.2) is 0 Å². The predicted molar refractivity (Wildman–Crippen MR) is 42.0 cm³/mol. The highest BCUT2D eigenvalue weighted by molar-refractivity contribution is 8.13. The molecule has 0 heterocycles. The Labute approximate surface area is 70.2 Å². The Morgan fingerprint density at radius 2 is 2.00 bits per heavy atom. The zero-order valence-corrected chi connectivity index (χ0v) is 7.70. The van der Waals surface area contributed by atoms with E-state index in [0.717, 1.165) is 0 Å². The van der Waals surface area contributed by atoms with E-state index in [4.69, 9.17) is 10.7 Å². The highest BCUT2D eigenvalue weighted by Gasteiger charge is 2.41. The van der Waals surface area contributed by atoms with E-state index in [9.17, 15) is 13.2 Å². The van der Waals surface area contributed by atoms with Gasteiger partial charge in [0.15, 0.2) is 0 Å². The molecule has 0 N–H and O–H groups in total. The van der Waals surface area contributed by atoms with Gasteiger partial charge in [0.25, 0.3) is 0 Å². The first-order valence-electron chi connectivity index (χ1n) is 3.25. The third kappa shape index (κ3) is 2.45. The fourth-order valence-corrected chi connectivity index (χ4v) is 3.25. The van der Waals surface area contributed by atoms with Gasteiger partial charge in [-0.1, -0.05) is 6.92 Å². The van der Waals surface area contributed by atoms with Gasteiger partial charge in [-0.3, -0.25) is 4.79 Å². The second kappa shape index (κ2) is 2.45. The Kier molecular flexibility index (Phi) is 2.01. The Hall–Kier alpha value is -0.0900. The zero-order valence-electron chi connectivity index (χ0n) is 6.13. The molecule has 0 radical (unpaired) electrons. The average molecular weight is 197 g/mol. The van der Waals surface area contributed by atoms with E-state index in [1.54, 1.807) is 6.92 Å². The zero-order chi connectivity index (χ0) is 8.70. The monoisotopic (exact) mass is 196 g/mol. The van der Waals surface area contributed by atoms with Gasteiger partial charge in [0.2, 0.25) is 9.05 Å². The van der Waals surface area contributed by atoms with Crippen molar-refractivity contribution in [2.75, 3.05) is 5.75 Å². The second-order valence-corrected chi connectivity index (χ2v) is 6.16. The van der Waals surface area contributed by atoms with Crippen LogP contribution >= 0.6 is 10.7 Å². The van der Waals surface area contributed by atoms with E-state index in [1.165, 1.54) is 0 Å². The fraction of sp³-hybridized carbons (Fsp3) is 0.833. The first kappa shape index (κ1) is 9.00. The number of carbonyl (C=O) groups excluding carboxylic acids is 1. The van der Waals surface area contributed by atoms with E-state index in [0.29, 0.717) is 12.8 Å². The lowest BCUT2D eigenvalue weighted by Crippen LogP contribution is -2.39. The smallest absolute Gasteiger partial charge is 0.233 e. The van der Waals surface area contributed by atoms with Gasteiger partial charge in [-0.2, -0.15) is 0 Å². The molecule has 0 bridgehead atoms. The van der Waals surface area contributed by atoms with Crippen molar-refractivity contribution in [2.24, 2.45) is 5.41 Å². The van der Waals surface area contributed by atoms with E-state index in [1.807, 2.05) is 0 Å². The average Bonchev–Trinajstić information content (AvgIpc) is 1.53. The van der Waals surface area contributed by atoms with Gasteiger partial charge in [-0.15, -0.1) is 0 Å². The Morgan fingerprint density at radius 3 is 2.27 bits per heavy atom. The Balaban J connectivity index is 2.58. The van der Waals surface area contributed by atoms with Crippen LogP contribution in [0.1, 0.15) is 19.8 Å². The number of halogens is 1. The largest absolute Gasteiger partial charge is 0.300 e. The third-order valence-corrected chi connectivity index (χ3v) is 3.14. The van der Waals surface area contributed by atoms with Gasteiger partial charge in [0, 0.05) is 23.5 Å². The standard InChI is InChI=1S/C6H9ClO3S/c1-6(2-5(8)3-6)4-11(7,9)10/h2-4H2,1H3. The van der Waals surface area contributed by atoms with Crippen molar-refractivity contribution < 1.29 is 13.2 Å². The molecule has 1 fully saturated rings. The molecule has 0 aromatic heterocycles. The second-order valence-electron chi connectivity index (χ2n) is 3.39. The van der Waals surface area contributed by atoms with Crippen LogP contribution in [0.2, 0.25) is 0 Å².